The van der Waals surface area contributed by atoms with Crippen LogP contribution < -0.4 is 9.47 Å². The van der Waals surface area contributed by atoms with Crippen molar-refractivity contribution in [2.24, 2.45) is 0 Å². The van der Waals surface area contributed by atoms with E-state index in [9.17, 15) is 5.11 Å². The van der Waals surface area contributed by atoms with E-state index < -0.39 is 6.10 Å². The number of methoxy groups -OCH3 is 1. The van der Waals surface area contributed by atoms with Crippen LogP contribution in [-0.4, -0.2) is 12.2 Å². The van der Waals surface area contributed by atoms with Gasteiger partial charge in [-0.05, 0) is 31.2 Å². The number of ether oxygens (including phenoxy) is 2. The fourth-order valence-corrected chi connectivity index (χ4v) is 1.82. The summed E-state index contributed by atoms with van der Waals surface area (Å²) >= 11 is 0. The van der Waals surface area contributed by atoms with Gasteiger partial charge in [0.25, 0.3) is 0 Å². The van der Waals surface area contributed by atoms with Gasteiger partial charge in [-0.2, -0.15) is 0 Å². The van der Waals surface area contributed by atoms with Gasteiger partial charge in [0.1, 0.15) is 17.2 Å². The summed E-state index contributed by atoms with van der Waals surface area (Å²) in [7, 11) is 1.58. The van der Waals surface area contributed by atoms with Crippen LogP contribution in [-0.2, 0) is 0 Å². The molecule has 3 heteroatoms. The smallest absolute Gasteiger partial charge is 0.136 e. The zero-order valence-electron chi connectivity index (χ0n) is 10.5. The van der Waals surface area contributed by atoms with E-state index in [1.807, 2.05) is 42.5 Å². The summed E-state index contributed by atoms with van der Waals surface area (Å²) in [4.78, 5) is 0. The Hall–Kier alpha value is -2.00. The molecule has 0 aliphatic rings. The van der Waals surface area contributed by atoms with Gasteiger partial charge in [0, 0.05) is 0 Å². The topological polar surface area (TPSA) is 38.7 Å². The molecule has 0 aliphatic heterocycles. The van der Waals surface area contributed by atoms with E-state index in [0.29, 0.717) is 17.1 Å². The lowest BCUT2D eigenvalue weighted by molar-refractivity contribution is 0.190. The van der Waals surface area contributed by atoms with Crippen molar-refractivity contribution in [1.82, 2.24) is 0 Å². The minimum atomic E-state index is -0.653. The van der Waals surface area contributed by atoms with Crippen LogP contribution in [0.25, 0.3) is 0 Å². The molecule has 0 spiro atoms. The fraction of sp³-hybridized carbons (Fsp3) is 0.200. The first kappa shape index (κ1) is 12.5. The molecule has 2 aromatic carbocycles. The van der Waals surface area contributed by atoms with Gasteiger partial charge >= 0.3 is 0 Å². The van der Waals surface area contributed by atoms with Gasteiger partial charge < -0.3 is 14.6 Å². The molecule has 94 valence electrons. The molecule has 0 aliphatic carbocycles. The van der Waals surface area contributed by atoms with Crippen LogP contribution >= 0.6 is 0 Å². The number of hydrogen-bond acceptors (Lipinski definition) is 3. The second-order valence-corrected chi connectivity index (χ2v) is 3.96. The van der Waals surface area contributed by atoms with Crippen LogP contribution in [0.5, 0.6) is 17.2 Å². The van der Waals surface area contributed by atoms with Crippen LogP contribution in [0.3, 0.4) is 0 Å². The van der Waals surface area contributed by atoms with E-state index in [2.05, 4.69) is 0 Å². The highest BCUT2D eigenvalue weighted by Crippen LogP contribution is 2.36. The van der Waals surface area contributed by atoms with Crippen LogP contribution in [0.4, 0.5) is 0 Å². The number of aliphatic hydroxyl groups excluding tert-OH is 1. The van der Waals surface area contributed by atoms with Gasteiger partial charge in [-0.25, -0.2) is 0 Å². The largest absolute Gasteiger partial charge is 0.496 e. The number of aliphatic hydroxyl groups is 1. The lowest BCUT2D eigenvalue weighted by atomic mass is 10.1. The monoisotopic (exact) mass is 244 g/mol. The molecule has 1 atom stereocenters. The van der Waals surface area contributed by atoms with Crippen molar-refractivity contribution in [2.75, 3.05) is 7.11 Å². The Morgan fingerprint density at radius 3 is 2.22 bits per heavy atom. The number of para-hydroxylation sites is 1. The maximum atomic E-state index is 9.83. The summed E-state index contributed by atoms with van der Waals surface area (Å²) in [5.41, 5.74) is 0.656. The first-order chi connectivity index (χ1) is 8.72. The van der Waals surface area contributed by atoms with Gasteiger partial charge in [0.05, 0.1) is 18.8 Å². The Bertz CT molecular complexity index is 506. The predicted octanol–water partition coefficient (Wildman–Crippen LogP) is 3.54. The zero-order chi connectivity index (χ0) is 13.0. The van der Waals surface area contributed by atoms with Crippen LogP contribution in [0, 0.1) is 0 Å². The quantitative estimate of drug-likeness (QED) is 0.894. The molecule has 3 nitrogen and oxygen atoms in total. The van der Waals surface area contributed by atoms with Crippen molar-refractivity contribution >= 4 is 0 Å². The summed E-state index contributed by atoms with van der Waals surface area (Å²) in [6.45, 7) is 1.69. The number of rotatable bonds is 4. The molecule has 0 radical (unpaired) electrons. The Kier molecular flexibility index (Phi) is 3.85. The molecule has 0 aromatic heterocycles. The summed E-state index contributed by atoms with van der Waals surface area (Å²) in [6, 6.07) is 14.9. The minimum Gasteiger partial charge on any atom is -0.496 e. The van der Waals surface area contributed by atoms with Crippen LogP contribution in [0.2, 0.25) is 0 Å². The second kappa shape index (κ2) is 5.56. The zero-order valence-corrected chi connectivity index (χ0v) is 10.5. The summed E-state index contributed by atoms with van der Waals surface area (Å²) in [6.07, 6.45) is -0.653. The summed E-state index contributed by atoms with van der Waals surface area (Å²) < 4.78 is 11.0. The Morgan fingerprint density at radius 2 is 1.61 bits per heavy atom. The summed E-state index contributed by atoms with van der Waals surface area (Å²) in [5, 5.41) is 9.83. The first-order valence-electron chi connectivity index (χ1n) is 5.80. The van der Waals surface area contributed by atoms with Crippen LogP contribution in [0.1, 0.15) is 18.6 Å². The van der Waals surface area contributed by atoms with E-state index >= 15 is 0 Å². The molecular weight excluding hydrogens is 228 g/mol. The standard InChI is InChI=1S/C15H16O3/c1-11(16)15-13(17-2)9-6-10-14(15)18-12-7-4-3-5-8-12/h3-11,16H,1-2H3/t11-/m0/s1. The highest BCUT2D eigenvalue weighted by Gasteiger charge is 2.15. The Labute approximate surface area is 107 Å². The molecule has 0 bridgehead atoms. The third-order valence-electron chi connectivity index (χ3n) is 2.63. The maximum absolute atomic E-state index is 9.83. The van der Waals surface area contributed by atoms with Crippen LogP contribution in [0.15, 0.2) is 48.5 Å². The third-order valence-corrected chi connectivity index (χ3v) is 2.63. The highest BCUT2D eigenvalue weighted by molar-refractivity contribution is 5.47. The average molecular weight is 244 g/mol. The SMILES string of the molecule is COc1cccc(Oc2ccccc2)c1[C@H](C)O. The van der Waals surface area contributed by atoms with Crippen molar-refractivity contribution in [1.29, 1.82) is 0 Å². The molecule has 0 amide bonds. The third kappa shape index (κ3) is 2.63. The lowest BCUT2D eigenvalue weighted by Crippen LogP contribution is -1.99. The molecule has 0 heterocycles. The predicted molar refractivity (Wildman–Crippen MR) is 70.1 cm³/mol. The van der Waals surface area contributed by atoms with Crippen molar-refractivity contribution in [3.63, 3.8) is 0 Å². The minimum absolute atomic E-state index is 0.607. The van der Waals surface area contributed by atoms with Crippen molar-refractivity contribution < 1.29 is 14.6 Å². The number of benzene rings is 2. The van der Waals surface area contributed by atoms with Crippen molar-refractivity contribution in [3.8, 4) is 17.2 Å². The van der Waals surface area contributed by atoms with Gasteiger partial charge in [-0.3, -0.25) is 0 Å². The molecule has 18 heavy (non-hydrogen) atoms. The molecule has 0 unspecified atom stereocenters. The number of hydrogen-bond donors (Lipinski definition) is 1. The fourth-order valence-electron chi connectivity index (χ4n) is 1.82. The molecule has 2 aromatic rings. The molecular formula is C15H16O3. The Morgan fingerprint density at radius 1 is 0.944 bits per heavy atom. The first-order valence-corrected chi connectivity index (χ1v) is 5.80. The average Bonchev–Trinajstić information content (AvgIpc) is 2.39. The van der Waals surface area contributed by atoms with E-state index in [-0.39, 0.29) is 0 Å². The molecule has 0 saturated heterocycles. The molecule has 1 N–H and O–H groups in total. The van der Waals surface area contributed by atoms with E-state index in [4.69, 9.17) is 9.47 Å². The van der Waals surface area contributed by atoms with E-state index in [0.717, 1.165) is 5.75 Å². The molecule has 2 rings (SSSR count). The maximum Gasteiger partial charge on any atom is 0.136 e. The van der Waals surface area contributed by atoms with Crippen molar-refractivity contribution in [2.45, 2.75) is 13.0 Å². The molecule has 0 fully saturated rings. The summed E-state index contributed by atoms with van der Waals surface area (Å²) in [5.74, 6) is 1.96. The van der Waals surface area contributed by atoms with Crippen molar-refractivity contribution in [3.05, 3.63) is 54.1 Å². The van der Waals surface area contributed by atoms with E-state index in [1.165, 1.54) is 0 Å². The van der Waals surface area contributed by atoms with Gasteiger partial charge in [-0.15, -0.1) is 0 Å². The molecule has 0 saturated carbocycles. The van der Waals surface area contributed by atoms with Gasteiger partial charge in [0.2, 0.25) is 0 Å². The second-order valence-electron chi connectivity index (χ2n) is 3.96. The lowest BCUT2D eigenvalue weighted by Gasteiger charge is -2.16. The van der Waals surface area contributed by atoms with E-state index in [1.54, 1.807) is 20.1 Å². The highest BCUT2D eigenvalue weighted by atomic mass is 16.5. The Balaban J connectivity index is 2.38. The normalized spacial score (nSPS) is 11.9. The van der Waals surface area contributed by atoms with Gasteiger partial charge in [-0.1, -0.05) is 24.3 Å². The van der Waals surface area contributed by atoms with Gasteiger partial charge in [0.15, 0.2) is 0 Å².